The first kappa shape index (κ1) is 9.49. The third-order valence-electron chi connectivity index (χ3n) is 2.26. The monoisotopic (exact) mass is 209 g/mol. The third kappa shape index (κ3) is 1.49. The molecule has 2 aromatic rings. The molecule has 2 rings (SSSR count). The number of nitrogens with two attached hydrogens (primary N) is 1. The van der Waals surface area contributed by atoms with Crippen molar-refractivity contribution in [2.24, 2.45) is 5.73 Å². The number of imidazole rings is 1. The van der Waals surface area contributed by atoms with Crippen LogP contribution in [-0.4, -0.2) is 15.9 Å². The number of aryl methyl sites for hydroxylation is 1. The molecular weight excluding hydrogens is 198 g/mol. The molecule has 0 amide bonds. The van der Waals surface area contributed by atoms with Gasteiger partial charge < -0.3 is 10.1 Å². The summed E-state index contributed by atoms with van der Waals surface area (Å²) in [6, 6.07) is 4.02. The largest absolute Gasteiger partial charge is 0.330 e. The second-order valence-electron chi connectivity index (χ2n) is 3.28. The summed E-state index contributed by atoms with van der Waals surface area (Å²) in [6.45, 7) is 2.60. The Balaban J connectivity index is 2.59. The van der Waals surface area contributed by atoms with Gasteiger partial charge in [-0.3, -0.25) is 0 Å². The molecule has 0 radical (unpaired) electrons. The van der Waals surface area contributed by atoms with Gasteiger partial charge in [0.15, 0.2) is 5.15 Å². The summed E-state index contributed by atoms with van der Waals surface area (Å²) in [5.41, 5.74) is 7.65. The van der Waals surface area contributed by atoms with Gasteiger partial charge in [-0.1, -0.05) is 17.7 Å². The second kappa shape index (κ2) is 3.59. The highest BCUT2D eigenvalue weighted by molar-refractivity contribution is 6.32. The van der Waals surface area contributed by atoms with E-state index in [2.05, 4.69) is 4.98 Å². The molecule has 2 N–H and O–H groups in total. The van der Waals surface area contributed by atoms with E-state index in [0.717, 1.165) is 17.8 Å². The number of hydrogen-bond acceptors (Lipinski definition) is 2. The van der Waals surface area contributed by atoms with Gasteiger partial charge in [0.05, 0.1) is 5.52 Å². The van der Waals surface area contributed by atoms with Gasteiger partial charge in [-0.2, -0.15) is 0 Å². The molecule has 0 aliphatic rings. The van der Waals surface area contributed by atoms with Crippen molar-refractivity contribution >= 4 is 17.1 Å². The number of aromatic nitrogens is 2. The smallest absolute Gasteiger partial charge is 0.155 e. The van der Waals surface area contributed by atoms with Crippen LogP contribution in [0.25, 0.3) is 5.52 Å². The SMILES string of the molecule is Cc1nc(Cl)c2ccc(CCN)cn12. The average Bonchev–Trinajstić information content (AvgIpc) is 2.43. The van der Waals surface area contributed by atoms with Gasteiger partial charge in [0, 0.05) is 6.20 Å². The van der Waals surface area contributed by atoms with Crippen LogP contribution in [0.15, 0.2) is 18.3 Å². The minimum Gasteiger partial charge on any atom is -0.330 e. The van der Waals surface area contributed by atoms with E-state index in [-0.39, 0.29) is 0 Å². The molecule has 0 aromatic carbocycles. The molecule has 0 fully saturated rings. The summed E-state index contributed by atoms with van der Waals surface area (Å²) < 4.78 is 1.99. The maximum absolute atomic E-state index is 5.95. The molecule has 0 bridgehead atoms. The Kier molecular flexibility index (Phi) is 2.44. The van der Waals surface area contributed by atoms with Crippen molar-refractivity contribution in [2.45, 2.75) is 13.3 Å². The molecule has 0 aliphatic heterocycles. The Morgan fingerprint density at radius 1 is 1.50 bits per heavy atom. The lowest BCUT2D eigenvalue weighted by atomic mass is 10.2. The van der Waals surface area contributed by atoms with Crippen LogP contribution in [0, 0.1) is 6.92 Å². The van der Waals surface area contributed by atoms with Gasteiger partial charge in [-0.25, -0.2) is 4.98 Å². The summed E-state index contributed by atoms with van der Waals surface area (Å²) in [5.74, 6) is 0.906. The predicted octanol–water partition coefficient (Wildman–Crippen LogP) is 1.80. The van der Waals surface area contributed by atoms with Crippen molar-refractivity contribution < 1.29 is 0 Å². The summed E-state index contributed by atoms with van der Waals surface area (Å²) in [7, 11) is 0. The number of rotatable bonds is 2. The van der Waals surface area contributed by atoms with Crippen LogP contribution in [0.5, 0.6) is 0 Å². The Morgan fingerprint density at radius 2 is 2.29 bits per heavy atom. The van der Waals surface area contributed by atoms with E-state index in [1.165, 1.54) is 5.56 Å². The molecule has 2 aromatic heterocycles. The van der Waals surface area contributed by atoms with E-state index in [0.29, 0.717) is 11.7 Å². The predicted molar refractivity (Wildman–Crippen MR) is 57.7 cm³/mol. The fourth-order valence-corrected chi connectivity index (χ4v) is 1.82. The van der Waals surface area contributed by atoms with Crippen LogP contribution in [-0.2, 0) is 6.42 Å². The Labute approximate surface area is 87.5 Å². The third-order valence-corrected chi connectivity index (χ3v) is 2.54. The molecule has 4 heteroatoms. The zero-order chi connectivity index (χ0) is 10.1. The molecule has 0 saturated heterocycles. The fraction of sp³-hybridized carbons (Fsp3) is 0.300. The summed E-state index contributed by atoms with van der Waals surface area (Å²) >= 11 is 5.95. The van der Waals surface area contributed by atoms with E-state index in [9.17, 15) is 0 Å². The molecule has 0 unspecified atom stereocenters. The lowest BCUT2D eigenvalue weighted by Crippen LogP contribution is -2.03. The van der Waals surface area contributed by atoms with Gasteiger partial charge in [0.1, 0.15) is 5.82 Å². The average molecular weight is 210 g/mol. The fourth-order valence-electron chi connectivity index (χ4n) is 1.55. The van der Waals surface area contributed by atoms with Crippen molar-refractivity contribution in [3.8, 4) is 0 Å². The number of fused-ring (bicyclic) bond motifs is 1. The number of halogens is 1. The minimum atomic E-state index is 0.557. The van der Waals surface area contributed by atoms with Gasteiger partial charge >= 0.3 is 0 Å². The van der Waals surface area contributed by atoms with Crippen LogP contribution in [0.2, 0.25) is 5.15 Å². The highest BCUT2D eigenvalue weighted by atomic mass is 35.5. The minimum absolute atomic E-state index is 0.557. The van der Waals surface area contributed by atoms with Crippen LogP contribution < -0.4 is 5.73 Å². The maximum atomic E-state index is 5.95. The molecule has 0 aliphatic carbocycles. The first-order chi connectivity index (χ1) is 6.72. The quantitative estimate of drug-likeness (QED) is 0.820. The van der Waals surface area contributed by atoms with Crippen LogP contribution >= 0.6 is 11.6 Å². The molecule has 0 saturated carbocycles. The zero-order valence-electron chi connectivity index (χ0n) is 8.00. The normalized spacial score (nSPS) is 11.1. The molecule has 74 valence electrons. The Hall–Kier alpha value is -1.06. The summed E-state index contributed by atoms with van der Waals surface area (Å²) in [6.07, 6.45) is 2.92. The topological polar surface area (TPSA) is 43.3 Å². The molecule has 0 spiro atoms. The second-order valence-corrected chi connectivity index (χ2v) is 3.64. The van der Waals surface area contributed by atoms with Gasteiger partial charge in [-0.15, -0.1) is 0 Å². The van der Waals surface area contributed by atoms with Gasteiger partial charge in [0.25, 0.3) is 0 Å². The first-order valence-corrected chi connectivity index (χ1v) is 4.93. The van der Waals surface area contributed by atoms with Crippen LogP contribution in [0.3, 0.4) is 0 Å². The Bertz CT molecular complexity index is 462. The standard InChI is InChI=1S/C10H12ClN3/c1-7-13-10(11)9-3-2-8(4-5-12)6-14(7)9/h2-3,6H,4-5,12H2,1H3. The van der Waals surface area contributed by atoms with Crippen molar-refractivity contribution in [3.63, 3.8) is 0 Å². The highest BCUT2D eigenvalue weighted by Gasteiger charge is 2.05. The number of hydrogen-bond donors (Lipinski definition) is 1. The van der Waals surface area contributed by atoms with Crippen molar-refractivity contribution in [3.05, 3.63) is 34.9 Å². The zero-order valence-corrected chi connectivity index (χ0v) is 8.75. The van der Waals surface area contributed by atoms with E-state index in [1.54, 1.807) is 0 Å². The summed E-state index contributed by atoms with van der Waals surface area (Å²) in [5, 5.41) is 0.557. The Morgan fingerprint density at radius 3 is 3.00 bits per heavy atom. The van der Waals surface area contributed by atoms with E-state index < -0.39 is 0 Å². The number of pyridine rings is 1. The maximum Gasteiger partial charge on any atom is 0.155 e. The highest BCUT2D eigenvalue weighted by Crippen LogP contribution is 2.18. The number of nitrogens with zero attached hydrogens (tertiary/aromatic N) is 2. The van der Waals surface area contributed by atoms with E-state index in [1.807, 2.05) is 29.7 Å². The van der Waals surface area contributed by atoms with Gasteiger partial charge in [0.2, 0.25) is 0 Å². The van der Waals surface area contributed by atoms with Crippen LogP contribution in [0.4, 0.5) is 0 Å². The van der Waals surface area contributed by atoms with Crippen molar-refractivity contribution in [1.82, 2.24) is 9.38 Å². The van der Waals surface area contributed by atoms with Crippen molar-refractivity contribution in [1.29, 1.82) is 0 Å². The van der Waals surface area contributed by atoms with E-state index >= 15 is 0 Å². The van der Waals surface area contributed by atoms with Crippen LogP contribution in [0.1, 0.15) is 11.4 Å². The molecular formula is C10H12ClN3. The van der Waals surface area contributed by atoms with Crippen molar-refractivity contribution in [2.75, 3.05) is 6.54 Å². The molecule has 2 heterocycles. The van der Waals surface area contributed by atoms with E-state index in [4.69, 9.17) is 17.3 Å². The van der Waals surface area contributed by atoms with Gasteiger partial charge in [-0.05, 0) is 31.5 Å². The molecule has 14 heavy (non-hydrogen) atoms. The molecule has 0 atom stereocenters. The lowest BCUT2D eigenvalue weighted by molar-refractivity contribution is 0.940. The summed E-state index contributed by atoms with van der Waals surface area (Å²) in [4.78, 5) is 4.19. The molecule has 3 nitrogen and oxygen atoms in total. The lowest BCUT2D eigenvalue weighted by Gasteiger charge is -2.01. The first-order valence-electron chi connectivity index (χ1n) is 4.55.